The van der Waals surface area contributed by atoms with E-state index >= 15 is 0 Å². The average molecular weight is 627 g/mol. The second kappa shape index (κ2) is 11.1. The molecule has 174 valence electrons. The van der Waals surface area contributed by atoms with Gasteiger partial charge >= 0.3 is 0 Å². The molecule has 0 bridgehead atoms. The van der Waals surface area contributed by atoms with Crippen molar-refractivity contribution in [1.29, 1.82) is 0 Å². The van der Waals surface area contributed by atoms with Crippen LogP contribution < -0.4 is 4.74 Å². The fourth-order valence-electron chi connectivity index (χ4n) is 3.16. The number of nitrogens with zero attached hydrogens (tertiary/aromatic N) is 2. The summed E-state index contributed by atoms with van der Waals surface area (Å²) in [6.07, 6.45) is 1.84. The number of carbonyl (C=O) groups is 1. The molecule has 1 fully saturated rings. The fourth-order valence-corrected chi connectivity index (χ4v) is 5.24. The molecule has 1 aliphatic rings. The Morgan fingerprint density at radius 1 is 1.09 bits per heavy atom. The van der Waals surface area contributed by atoms with Crippen LogP contribution in [0.25, 0.3) is 6.08 Å². The van der Waals surface area contributed by atoms with Gasteiger partial charge in [-0.2, -0.15) is 0 Å². The Kier molecular flexibility index (Phi) is 8.18. The Morgan fingerprint density at radius 2 is 1.85 bits per heavy atom. The van der Waals surface area contributed by atoms with Crippen LogP contribution in [0.15, 0.2) is 70.6 Å². The van der Waals surface area contributed by atoms with Crippen molar-refractivity contribution >= 4 is 80.4 Å². The highest BCUT2D eigenvalue weighted by molar-refractivity contribution is 14.1. The zero-order valence-corrected chi connectivity index (χ0v) is 22.4. The Bertz CT molecular complexity index is 1300. The molecule has 3 aromatic rings. The van der Waals surface area contributed by atoms with Gasteiger partial charge in [0.25, 0.3) is 5.91 Å². The van der Waals surface area contributed by atoms with Crippen LogP contribution in [-0.4, -0.2) is 22.5 Å². The molecule has 0 saturated carbocycles. The van der Waals surface area contributed by atoms with Crippen LogP contribution in [0.3, 0.4) is 0 Å². The maximum absolute atomic E-state index is 13.2. The molecule has 0 unspecified atom stereocenters. The summed E-state index contributed by atoms with van der Waals surface area (Å²) in [7, 11) is 0. The van der Waals surface area contributed by atoms with Crippen molar-refractivity contribution < 1.29 is 13.9 Å². The smallest absolute Gasteiger partial charge is 0.266 e. The zero-order valence-electron chi connectivity index (χ0n) is 17.9. The van der Waals surface area contributed by atoms with Crippen LogP contribution >= 0.6 is 57.6 Å². The molecule has 4 rings (SSSR count). The van der Waals surface area contributed by atoms with Crippen LogP contribution in [0.5, 0.6) is 5.75 Å². The lowest BCUT2D eigenvalue weighted by Gasteiger charge is -2.12. The van der Waals surface area contributed by atoms with Gasteiger partial charge in [0.15, 0.2) is 5.17 Å². The van der Waals surface area contributed by atoms with Crippen LogP contribution in [0.4, 0.5) is 10.1 Å². The first-order chi connectivity index (χ1) is 16.3. The van der Waals surface area contributed by atoms with E-state index in [-0.39, 0.29) is 11.7 Å². The highest BCUT2D eigenvalue weighted by atomic mass is 127. The highest BCUT2D eigenvalue weighted by Crippen LogP contribution is 2.35. The molecule has 3 aromatic carbocycles. The van der Waals surface area contributed by atoms with Gasteiger partial charge in [0.1, 0.15) is 18.2 Å². The van der Waals surface area contributed by atoms with Gasteiger partial charge in [0.2, 0.25) is 0 Å². The Balaban J connectivity index is 1.50. The summed E-state index contributed by atoms with van der Waals surface area (Å²) in [5.74, 6) is 0.294. The quantitative estimate of drug-likeness (QED) is 0.206. The monoisotopic (exact) mass is 626 g/mol. The minimum atomic E-state index is -0.328. The average Bonchev–Trinajstić information content (AvgIpc) is 3.10. The maximum Gasteiger partial charge on any atom is 0.266 e. The zero-order chi connectivity index (χ0) is 24.2. The van der Waals surface area contributed by atoms with E-state index in [2.05, 4.69) is 27.6 Å². The minimum Gasteiger partial charge on any atom is -0.488 e. The summed E-state index contributed by atoms with van der Waals surface area (Å²) >= 11 is 15.5. The van der Waals surface area contributed by atoms with E-state index in [4.69, 9.17) is 27.9 Å². The molecule has 0 radical (unpaired) electrons. The van der Waals surface area contributed by atoms with E-state index in [9.17, 15) is 9.18 Å². The number of aliphatic imine (C=N–C) groups is 1. The van der Waals surface area contributed by atoms with Crippen LogP contribution in [-0.2, 0) is 11.4 Å². The molecular weight excluding hydrogens is 609 g/mol. The van der Waals surface area contributed by atoms with Gasteiger partial charge in [-0.05, 0) is 107 Å². The standard InChI is InChI=1S/C25H18Cl2FIN2O2S/c1-2-31-24(32)23(34-25(31)30-18-7-5-17(28)6-8-18)13-15-4-10-22(21(29)12-15)33-14-16-3-9-19(26)20(27)11-16/h3-13H,2,14H2,1H3/b23-13+,30-25?. The lowest BCUT2D eigenvalue weighted by atomic mass is 10.2. The van der Waals surface area contributed by atoms with Crippen molar-refractivity contribution in [1.82, 2.24) is 4.90 Å². The Morgan fingerprint density at radius 3 is 2.53 bits per heavy atom. The number of halogens is 4. The van der Waals surface area contributed by atoms with Crippen LogP contribution in [0.2, 0.25) is 10.0 Å². The number of amidine groups is 1. The SMILES string of the molecule is CCN1C(=O)/C(=C\c2ccc(OCc3ccc(Cl)c(Cl)c3)c(I)c2)SC1=Nc1ccc(F)cc1. The van der Waals surface area contributed by atoms with Gasteiger partial charge in [0.05, 0.1) is 24.2 Å². The number of ether oxygens (including phenoxy) is 1. The Labute approximate surface area is 224 Å². The van der Waals surface area contributed by atoms with Gasteiger partial charge in [0, 0.05) is 6.54 Å². The molecule has 34 heavy (non-hydrogen) atoms. The molecule has 1 heterocycles. The minimum absolute atomic E-state index is 0.108. The van der Waals surface area contributed by atoms with Crippen LogP contribution in [0.1, 0.15) is 18.1 Å². The number of rotatable bonds is 6. The highest BCUT2D eigenvalue weighted by Gasteiger charge is 2.32. The third kappa shape index (κ3) is 5.94. The number of amides is 1. The normalized spacial score (nSPS) is 16.0. The first-order valence-corrected chi connectivity index (χ1v) is 12.9. The number of benzene rings is 3. The second-order valence-corrected chi connectivity index (χ2v) is 10.2. The van der Waals surface area contributed by atoms with Gasteiger partial charge in [-0.15, -0.1) is 0 Å². The number of likely N-dealkylation sites (N-methyl/N-ethyl adjacent to an activating group) is 1. The summed E-state index contributed by atoms with van der Waals surface area (Å²) in [4.78, 5) is 19.6. The molecule has 0 aliphatic carbocycles. The molecule has 0 atom stereocenters. The van der Waals surface area contributed by atoms with Gasteiger partial charge in [-0.1, -0.05) is 35.3 Å². The van der Waals surface area contributed by atoms with Crippen molar-refractivity contribution in [3.8, 4) is 5.75 Å². The van der Waals surface area contributed by atoms with Crippen molar-refractivity contribution in [3.63, 3.8) is 0 Å². The van der Waals surface area contributed by atoms with Crippen LogP contribution in [0, 0.1) is 9.39 Å². The fraction of sp³-hybridized carbons (Fsp3) is 0.120. The van der Waals surface area contributed by atoms with Gasteiger partial charge in [-0.25, -0.2) is 9.38 Å². The molecular formula is C25H18Cl2FIN2O2S. The van der Waals surface area contributed by atoms with E-state index in [0.717, 1.165) is 20.4 Å². The summed E-state index contributed by atoms with van der Waals surface area (Å²) in [6.45, 7) is 2.74. The molecule has 1 amide bonds. The second-order valence-electron chi connectivity index (χ2n) is 7.26. The molecule has 1 aliphatic heterocycles. The van der Waals surface area contributed by atoms with E-state index in [0.29, 0.717) is 39.0 Å². The number of hydrogen-bond donors (Lipinski definition) is 0. The largest absolute Gasteiger partial charge is 0.488 e. The summed E-state index contributed by atoms with van der Waals surface area (Å²) in [6, 6.07) is 17.0. The molecule has 4 nitrogen and oxygen atoms in total. The lowest BCUT2D eigenvalue weighted by molar-refractivity contribution is -0.122. The van der Waals surface area contributed by atoms with E-state index in [1.54, 1.807) is 29.2 Å². The molecule has 9 heteroatoms. The van der Waals surface area contributed by atoms with E-state index < -0.39 is 0 Å². The predicted molar refractivity (Wildman–Crippen MR) is 146 cm³/mol. The van der Waals surface area contributed by atoms with Crippen molar-refractivity contribution in [3.05, 3.63) is 96.1 Å². The third-order valence-electron chi connectivity index (χ3n) is 4.89. The van der Waals surface area contributed by atoms with Gasteiger partial charge in [-0.3, -0.25) is 9.69 Å². The van der Waals surface area contributed by atoms with Crippen molar-refractivity contribution in [2.24, 2.45) is 4.99 Å². The van der Waals surface area contributed by atoms with Gasteiger partial charge < -0.3 is 4.74 Å². The molecule has 0 N–H and O–H groups in total. The summed E-state index contributed by atoms with van der Waals surface area (Å²) in [5.41, 5.74) is 2.38. The molecule has 0 aromatic heterocycles. The van der Waals surface area contributed by atoms with E-state index in [1.807, 2.05) is 37.3 Å². The molecule has 1 saturated heterocycles. The number of thioether (sulfide) groups is 1. The maximum atomic E-state index is 13.2. The van der Waals surface area contributed by atoms with E-state index in [1.165, 1.54) is 23.9 Å². The third-order valence-corrected chi connectivity index (χ3v) is 7.48. The number of hydrogen-bond acceptors (Lipinski definition) is 4. The number of carbonyl (C=O) groups excluding carboxylic acids is 1. The summed E-state index contributed by atoms with van der Waals surface area (Å²) in [5, 5.41) is 1.56. The first kappa shape index (κ1) is 25.0. The lowest BCUT2D eigenvalue weighted by Crippen LogP contribution is -2.28. The summed E-state index contributed by atoms with van der Waals surface area (Å²) < 4.78 is 20.0. The van der Waals surface area contributed by atoms with Crippen molar-refractivity contribution in [2.75, 3.05) is 6.54 Å². The Hall–Kier alpha value is -2.07. The first-order valence-electron chi connectivity index (χ1n) is 10.3. The molecule has 0 spiro atoms. The van der Waals surface area contributed by atoms with Crippen molar-refractivity contribution in [2.45, 2.75) is 13.5 Å². The topological polar surface area (TPSA) is 41.9 Å². The predicted octanol–water partition coefficient (Wildman–Crippen LogP) is 7.94.